The van der Waals surface area contributed by atoms with Gasteiger partial charge in [-0.3, -0.25) is 9.69 Å². The maximum Gasteiger partial charge on any atom is 0.222 e. The van der Waals surface area contributed by atoms with E-state index in [9.17, 15) is 4.79 Å². The van der Waals surface area contributed by atoms with E-state index in [0.717, 1.165) is 38.2 Å². The summed E-state index contributed by atoms with van der Waals surface area (Å²) in [6.07, 6.45) is 4.01. The van der Waals surface area contributed by atoms with Crippen LogP contribution in [0, 0.1) is 16.7 Å². The standard InChI is InChI=1S/C20H27N3O2/c1-25-11-10-23-16-20(8-6-19(23)24)7-3-9-22(15-20)14-18-5-2-4-17(12-18)13-21/h2,4-5,12H,3,6-11,14-16H2,1H3. The van der Waals surface area contributed by atoms with E-state index in [1.165, 1.54) is 18.4 Å². The average Bonchev–Trinajstić information content (AvgIpc) is 2.63. The molecule has 0 aromatic heterocycles. The molecule has 2 fully saturated rings. The van der Waals surface area contributed by atoms with Crippen molar-refractivity contribution in [1.82, 2.24) is 9.80 Å². The predicted molar refractivity (Wildman–Crippen MR) is 95.8 cm³/mol. The van der Waals surface area contributed by atoms with Crippen LogP contribution in [0.3, 0.4) is 0 Å². The second kappa shape index (κ2) is 7.99. The van der Waals surface area contributed by atoms with Crippen LogP contribution in [0.2, 0.25) is 0 Å². The number of carbonyl (C=O) groups is 1. The topological polar surface area (TPSA) is 56.6 Å². The van der Waals surface area contributed by atoms with Crippen LogP contribution >= 0.6 is 0 Å². The van der Waals surface area contributed by atoms with Crippen LogP contribution in [-0.2, 0) is 16.1 Å². The van der Waals surface area contributed by atoms with E-state index < -0.39 is 0 Å². The first-order valence-electron chi connectivity index (χ1n) is 9.12. The van der Waals surface area contributed by atoms with Gasteiger partial charge in [0.05, 0.1) is 18.2 Å². The lowest BCUT2D eigenvalue weighted by Crippen LogP contribution is -2.54. The molecular formula is C20H27N3O2. The molecule has 0 bridgehead atoms. The van der Waals surface area contributed by atoms with Gasteiger partial charge in [-0.1, -0.05) is 12.1 Å². The van der Waals surface area contributed by atoms with Crippen molar-refractivity contribution in [2.24, 2.45) is 5.41 Å². The summed E-state index contributed by atoms with van der Waals surface area (Å²) in [5.74, 6) is 0.265. The average molecular weight is 341 g/mol. The minimum absolute atomic E-state index is 0.215. The van der Waals surface area contributed by atoms with Gasteiger partial charge in [-0.15, -0.1) is 0 Å². The molecular weight excluding hydrogens is 314 g/mol. The van der Waals surface area contributed by atoms with Crippen molar-refractivity contribution in [3.8, 4) is 6.07 Å². The number of benzene rings is 1. The van der Waals surface area contributed by atoms with Crippen molar-refractivity contribution in [3.63, 3.8) is 0 Å². The summed E-state index contributed by atoms with van der Waals surface area (Å²) < 4.78 is 5.16. The fourth-order valence-corrected chi connectivity index (χ4v) is 4.28. The van der Waals surface area contributed by atoms with E-state index in [1.807, 2.05) is 23.1 Å². The largest absolute Gasteiger partial charge is 0.383 e. The third-order valence-corrected chi connectivity index (χ3v) is 5.52. The van der Waals surface area contributed by atoms with Gasteiger partial charge < -0.3 is 9.64 Å². The second-order valence-electron chi connectivity index (χ2n) is 7.43. The van der Waals surface area contributed by atoms with Gasteiger partial charge in [-0.25, -0.2) is 0 Å². The number of nitriles is 1. The van der Waals surface area contributed by atoms with Crippen LogP contribution < -0.4 is 0 Å². The Morgan fingerprint density at radius 3 is 3.00 bits per heavy atom. The summed E-state index contributed by atoms with van der Waals surface area (Å²) in [4.78, 5) is 16.7. The summed E-state index contributed by atoms with van der Waals surface area (Å²) in [5, 5.41) is 9.08. The van der Waals surface area contributed by atoms with Gasteiger partial charge in [0.25, 0.3) is 0 Å². The van der Waals surface area contributed by atoms with Gasteiger partial charge in [0.1, 0.15) is 0 Å². The SMILES string of the molecule is COCCN1CC2(CCCN(Cc3cccc(C#N)c3)C2)CCC1=O. The second-order valence-corrected chi connectivity index (χ2v) is 7.43. The predicted octanol–water partition coefficient (Wildman–Crippen LogP) is 2.41. The first kappa shape index (κ1) is 17.9. The van der Waals surface area contributed by atoms with Gasteiger partial charge in [-0.2, -0.15) is 5.26 Å². The van der Waals surface area contributed by atoms with E-state index in [1.54, 1.807) is 7.11 Å². The zero-order chi connectivity index (χ0) is 17.7. The number of likely N-dealkylation sites (tertiary alicyclic amines) is 2. The van der Waals surface area contributed by atoms with Gasteiger partial charge in [0.15, 0.2) is 0 Å². The molecule has 5 heteroatoms. The Labute approximate surface area is 150 Å². The normalized spacial score (nSPS) is 24.5. The van der Waals surface area contributed by atoms with Crippen LogP contribution in [0.15, 0.2) is 24.3 Å². The maximum atomic E-state index is 12.2. The molecule has 2 aliphatic heterocycles. The molecule has 2 saturated heterocycles. The highest BCUT2D eigenvalue weighted by Gasteiger charge is 2.41. The Balaban J connectivity index is 1.65. The first-order chi connectivity index (χ1) is 12.1. The number of methoxy groups -OCH3 is 1. The number of piperidine rings is 2. The number of ether oxygens (including phenoxy) is 1. The Kier molecular flexibility index (Phi) is 5.72. The van der Waals surface area contributed by atoms with E-state index >= 15 is 0 Å². The zero-order valence-electron chi connectivity index (χ0n) is 15.0. The minimum Gasteiger partial charge on any atom is -0.383 e. The summed E-state index contributed by atoms with van der Waals surface area (Å²) >= 11 is 0. The van der Waals surface area contributed by atoms with Crippen molar-refractivity contribution in [2.75, 3.05) is 39.9 Å². The number of amides is 1. The quantitative estimate of drug-likeness (QED) is 0.825. The van der Waals surface area contributed by atoms with Crippen LogP contribution in [0.1, 0.15) is 36.8 Å². The Bertz CT molecular complexity index is 655. The van der Waals surface area contributed by atoms with Gasteiger partial charge in [-0.05, 0) is 43.5 Å². The zero-order valence-corrected chi connectivity index (χ0v) is 15.0. The molecule has 3 rings (SSSR count). The summed E-state index contributed by atoms with van der Waals surface area (Å²) in [5.41, 5.74) is 2.13. The van der Waals surface area contributed by atoms with E-state index in [2.05, 4.69) is 17.0 Å². The van der Waals surface area contributed by atoms with Gasteiger partial charge in [0, 0.05) is 45.1 Å². The van der Waals surface area contributed by atoms with Crippen molar-refractivity contribution in [3.05, 3.63) is 35.4 Å². The van der Waals surface area contributed by atoms with E-state index in [0.29, 0.717) is 19.6 Å². The third-order valence-electron chi connectivity index (χ3n) is 5.52. The lowest BCUT2D eigenvalue weighted by molar-refractivity contribution is -0.140. The molecule has 0 aliphatic carbocycles. The molecule has 5 nitrogen and oxygen atoms in total. The molecule has 0 radical (unpaired) electrons. The molecule has 0 N–H and O–H groups in total. The van der Waals surface area contributed by atoms with Crippen molar-refractivity contribution < 1.29 is 9.53 Å². The number of rotatable bonds is 5. The Morgan fingerprint density at radius 1 is 1.32 bits per heavy atom. The van der Waals surface area contributed by atoms with Crippen LogP contribution in [0.4, 0.5) is 0 Å². The summed E-state index contributed by atoms with van der Waals surface area (Å²) in [6, 6.07) is 10.1. The van der Waals surface area contributed by atoms with Crippen molar-refractivity contribution in [1.29, 1.82) is 5.26 Å². The van der Waals surface area contributed by atoms with E-state index in [4.69, 9.17) is 10.00 Å². The highest BCUT2D eigenvalue weighted by atomic mass is 16.5. The summed E-state index contributed by atoms with van der Waals surface area (Å²) in [7, 11) is 1.68. The van der Waals surface area contributed by atoms with Crippen LogP contribution in [-0.4, -0.2) is 55.6 Å². The van der Waals surface area contributed by atoms with E-state index in [-0.39, 0.29) is 11.3 Å². The molecule has 1 spiro atoms. The number of carbonyl (C=O) groups excluding carboxylic acids is 1. The third kappa shape index (κ3) is 4.39. The molecule has 2 heterocycles. The van der Waals surface area contributed by atoms with Crippen molar-refractivity contribution in [2.45, 2.75) is 32.2 Å². The fraction of sp³-hybridized carbons (Fsp3) is 0.600. The molecule has 2 aliphatic rings. The minimum atomic E-state index is 0.215. The lowest BCUT2D eigenvalue weighted by atomic mass is 9.73. The molecule has 1 atom stereocenters. The van der Waals surface area contributed by atoms with Crippen molar-refractivity contribution >= 4 is 5.91 Å². The molecule has 1 aromatic rings. The molecule has 1 amide bonds. The summed E-state index contributed by atoms with van der Waals surface area (Å²) in [6.45, 7) is 5.14. The maximum absolute atomic E-state index is 12.2. The molecule has 1 aromatic carbocycles. The lowest BCUT2D eigenvalue weighted by Gasteiger charge is -2.48. The first-order valence-corrected chi connectivity index (χ1v) is 9.12. The van der Waals surface area contributed by atoms with Gasteiger partial charge in [0.2, 0.25) is 5.91 Å². The highest BCUT2D eigenvalue weighted by Crippen LogP contribution is 2.39. The Hall–Kier alpha value is -1.90. The van der Waals surface area contributed by atoms with Crippen LogP contribution in [0.25, 0.3) is 0 Å². The monoisotopic (exact) mass is 341 g/mol. The fourth-order valence-electron chi connectivity index (χ4n) is 4.28. The molecule has 134 valence electrons. The molecule has 25 heavy (non-hydrogen) atoms. The van der Waals surface area contributed by atoms with Crippen LogP contribution in [0.5, 0.6) is 0 Å². The number of nitrogens with zero attached hydrogens (tertiary/aromatic N) is 3. The number of hydrogen-bond acceptors (Lipinski definition) is 4. The molecule has 0 saturated carbocycles. The smallest absolute Gasteiger partial charge is 0.222 e. The Morgan fingerprint density at radius 2 is 2.20 bits per heavy atom. The highest BCUT2D eigenvalue weighted by molar-refractivity contribution is 5.77. The van der Waals surface area contributed by atoms with Gasteiger partial charge >= 0.3 is 0 Å². The molecule has 1 unspecified atom stereocenters. The number of hydrogen-bond donors (Lipinski definition) is 0.